The van der Waals surface area contributed by atoms with Crippen molar-refractivity contribution in [2.45, 2.75) is 173 Å². The van der Waals surface area contributed by atoms with E-state index in [-0.39, 0.29) is 12.8 Å². The van der Waals surface area contributed by atoms with E-state index in [1.54, 1.807) is 0 Å². The molecule has 0 fully saturated rings. The number of allylic oxidation sites excluding steroid dienone is 12. The summed E-state index contributed by atoms with van der Waals surface area (Å²) in [6, 6.07) is 0. The molecule has 0 heterocycles. The van der Waals surface area contributed by atoms with Gasteiger partial charge in [-0.2, -0.15) is 0 Å². The first-order valence-corrected chi connectivity index (χ1v) is 26.3. The third kappa shape index (κ3) is 44.7. The second kappa shape index (κ2) is 43.1. The fourth-order valence-electron chi connectivity index (χ4n) is 5.57. The van der Waals surface area contributed by atoms with Crippen LogP contribution in [0.1, 0.15) is 155 Å². The molecule has 0 saturated heterocycles. The number of ether oxygens (including phenoxy) is 2. The Hall–Kier alpha value is -2.52. The molecule has 17 heteroatoms. The minimum atomic E-state index is -4.79. The topological polar surface area (TPSA) is 225 Å². The summed E-state index contributed by atoms with van der Waals surface area (Å²) in [7, 11) is -9.59. The number of carbonyl (C=O) groups is 2. The lowest BCUT2D eigenvalue weighted by Crippen LogP contribution is -2.25. The molecule has 0 aromatic rings. The predicted molar refractivity (Wildman–Crippen MR) is 251 cm³/mol. The monoisotopic (exact) mass is 949 g/mol. The van der Waals surface area contributed by atoms with Gasteiger partial charge in [0.15, 0.2) is 0 Å². The normalized spacial score (nSPS) is 15.8. The lowest BCUT2D eigenvalue weighted by molar-refractivity contribution is -0.148. The maximum atomic E-state index is 12.1. The standard InChI is InChI=1S/C47H82O15P2/c1-3-5-7-9-11-13-15-17-19-20-22-24-26-28-30-32-34-36-47(52)58-38-44(49)40-60-64(55,56)62-42-45(50)41-61-63(53,54)59-39-43(48)37-57-46(51)35-33-31-29-27-25-23-21-18-16-14-12-10-8-6-4-2/h6,8,10-14,16-17,19,22,24,43-45,48-50H,3-5,7,9,15,18,20-21,23,25-42H2,1-2H3,(H,53,54)(H,55,56)/b8-6+,12-10+,13-11-,16-14+,19-17-,24-22-. The third-order valence-electron chi connectivity index (χ3n) is 9.21. The van der Waals surface area contributed by atoms with Crippen LogP contribution in [-0.4, -0.2) is 95.0 Å². The Morgan fingerprint density at radius 2 is 0.781 bits per heavy atom. The van der Waals surface area contributed by atoms with Crippen LogP contribution in [0.5, 0.6) is 0 Å². The van der Waals surface area contributed by atoms with Gasteiger partial charge in [0.05, 0.1) is 26.4 Å². The Morgan fingerprint density at radius 3 is 1.20 bits per heavy atom. The first-order valence-electron chi connectivity index (χ1n) is 23.3. The van der Waals surface area contributed by atoms with Gasteiger partial charge < -0.3 is 34.6 Å². The van der Waals surface area contributed by atoms with E-state index in [4.69, 9.17) is 9.47 Å². The molecule has 64 heavy (non-hydrogen) atoms. The first kappa shape index (κ1) is 61.5. The number of phosphoric ester groups is 2. The van der Waals surface area contributed by atoms with E-state index >= 15 is 0 Å². The lowest BCUT2D eigenvalue weighted by atomic mass is 10.1. The molecule has 0 bridgehead atoms. The smallest absolute Gasteiger partial charge is 0.463 e. The van der Waals surface area contributed by atoms with Gasteiger partial charge in [0.2, 0.25) is 0 Å². The van der Waals surface area contributed by atoms with Crippen LogP contribution >= 0.6 is 15.6 Å². The van der Waals surface area contributed by atoms with Crippen molar-refractivity contribution in [2.24, 2.45) is 0 Å². The van der Waals surface area contributed by atoms with E-state index in [0.29, 0.717) is 12.8 Å². The van der Waals surface area contributed by atoms with Gasteiger partial charge in [0.1, 0.15) is 31.5 Å². The molecule has 5 atom stereocenters. The van der Waals surface area contributed by atoms with Crippen molar-refractivity contribution >= 4 is 27.6 Å². The molecule has 0 radical (unpaired) electrons. The summed E-state index contributed by atoms with van der Waals surface area (Å²) < 4.78 is 52.9. The van der Waals surface area contributed by atoms with Crippen molar-refractivity contribution in [3.05, 3.63) is 72.9 Å². The fraction of sp³-hybridized carbons (Fsp3) is 0.702. The summed E-state index contributed by atoms with van der Waals surface area (Å²) in [6.07, 6.45) is 41.7. The number of carbonyl (C=O) groups excluding carboxylic acids is 2. The zero-order valence-electron chi connectivity index (χ0n) is 38.7. The van der Waals surface area contributed by atoms with E-state index < -0.39 is 85.5 Å². The van der Waals surface area contributed by atoms with Crippen molar-refractivity contribution in [1.29, 1.82) is 0 Å². The molecule has 15 nitrogen and oxygen atoms in total. The highest BCUT2D eigenvalue weighted by molar-refractivity contribution is 7.47. The number of aliphatic hydroxyl groups excluding tert-OH is 3. The molecule has 370 valence electrons. The minimum absolute atomic E-state index is 0.168. The molecular formula is C47H82O15P2. The SMILES string of the molecule is CC/C=C/C=C/C=C/CCCCCCCCCC(=O)OCC(O)COP(=O)(O)OCC(O)COP(=O)(O)OCC(O)COC(=O)CCCCCC/C=C\C/C=C\C/C=C\CCCCC. The molecule has 0 aromatic heterocycles. The molecule has 0 aliphatic carbocycles. The number of unbranched alkanes of at least 4 members (excludes halogenated alkanes) is 14. The van der Waals surface area contributed by atoms with Gasteiger partial charge >= 0.3 is 27.6 Å². The van der Waals surface area contributed by atoms with Crippen molar-refractivity contribution in [3.63, 3.8) is 0 Å². The van der Waals surface area contributed by atoms with Crippen LogP contribution in [0.4, 0.5) is 0 Å². The Kier molecular flexibility index (Phi) is 41.4. The molecule has 0 aromatic carbocycles. The zero-order valence-corrected chi connectivity index (χ0v) is 40.5. The van der Waals surface area contributed by atoms with Crippen molar-refractivity contribution in [1.82, 2.24) is 0 Å². The van der Waals surface area contributed by atoms with E-state index in [1.807, 2.05) is 18.2 Å². The van der Waals surface area contributed by atoms with E-state index in [9.17, 15) is 43.8 Å². The van der Waals surface area contributed by atoms with Gasteiger partial charge in [-0.05, 0) is 70.6 Å². The molecular weight excluding hydrogens is 866 g/mol. The van der Waals surface area contributed by atoms with Crippen LogP contribution in [0.15, 0.2) is 72.9 Å². The predicted octanol–water partition coefficient (Wildman–Crippen LogP) is 10.4. The van der Waals surface area contributed by atoms with Crippen LogP contribution in [0.3, 0.4) is 0 Å². The summed E-state index contributed by atoms with van der Waals surface area (Å²) in [6.45, 7) is 0.200. The average Bonchev–Trinajstić information content (AvgIpc) is 3.27. The van der Waals surface area contributed by atoms with E-state index in [2.05, 4.69) is 86.6 Å². The van der Waals surface area contributed by atoms with Crippen LogP contribution in [0.25, 0.3) is 0 Å². The van der Waals surface area contributed by atoms with Gasteiger partial charge in [0, 0.05) is 12.8 Å². The molecule has 5 unspecified atom stereocenters. The average molecular weight is 949 g/mol. The number of esters is 2. The summed E-state index contributed by atoms with van der Waals surface area (Å²) >= 11 is 0. The van der Waals surface area contributed by atoms with E-state index in [1.165, 1.54) is 19.3 Å². The largest absolute Gasteiger partial charge is 0.472 e. The molecule has 0 aliphatic heterocycles. The van der Waals surface area contributed by atoms with Crippen LogP contribution < -0.4 is 0 Å². The number of hydrogen-bond donors (Lipinski definition) is 5. The summed E-state index contributed by atoms with van der Waals surface area (Å²) in [5.74, 6) is -1.03. The lowest BCUT2D eigenvalue weighted by Gasteiger charge is -2.19. The van der Waals surface area contributed by atoms with Gasteiger partial charge in [-0.1, -0.05) is 145 Å². The maximum absolute atomic E-state index is 12.1. The molecule has 5 N–H and O–H groups in total. The highest BCUT2D eigenvalue weighted by atomic mass is 31.2. The first-order chi connectivity index (χ1) is 30.8. The van der Waals surface area contributed by atoms with Crippen LogP contribution in [0.2, 0.25) is 0 Å². The van der Waals surface area contributed by atoms with Gasteiger partial charge in [0.25, 0.3) is 0 Å². The molecule has 0 rings (SSSR count). The van der Waals surface area contributed by atoms with E-state index in [0.717, 1.165) is 96.3 Å². The third-order valence-corrected chi connectivity index (χ3v) is 11.1. The summed E-state index contributed by atoms with van der Waals surface area (Å²) in [5.41, 5.74) is 0. The Balaban J connectivity index is 3.94. The molecule has 0 amide bonds. The van der Waals surface area contributed by atoms with Gasteiger partial charge in [-0.25, -0.2) is 9.13 Å². The highest BCUT2D eigenvalue weighted by Gasteiger charge is 2.28. The Labute approximate surface area is 383 Å². The Bertz CT molecular complexity index is 1430. The van der Waals surface area contributed by atoms with Crippen LogP contribution in [-0.2, 0) is 46.3 Å². The fourth-order valence-corrected chi connectivity index (χ4v) is 7.16. The van der Waals surface area contributed by atoms with Crippen molar-refractivity contribution in [2.75, 3.05) is 39.6 Å². The van der Waals surface area contributed by atoms with Gasteiger partial charge in [-0.15, -0.1) is 0 Å². The highest BCUT2D eigenvalue weighted by Crippen LogP contribution is 2.45. The number of phosphoric acid groups is 2. The number of rotatable bonds is 44. The second-order valence-corrected chi connectivity index (χ2v) is 18.4. The summed E-state index contributed by atoms with van der Waals surface area (Å²) in [5, 5.41) is 30.0. The zero-order chi connectivity index (χ0) is 47.4. The van der Waals surface area contributed by atoms with Crippen LogP contribution in [0, 0.1) is 0 Å². The summed E-state index contributed by atoms with van der Waals surface area (Å²) in [4.78, 5) is 43.7. The minimum Gasteiger partial charge on any atom is -0.463 e. The molecule has 0 spiro atoms. The second-order valence-electron chi connectivity index (χ2n) is 15.4. The Morgan fingerprint density at radius 1 is 0.438 bits per heavy atom. The van der Waals surface area contributed by atoms with Crippen molar-refractivity contribution in [3.8, 4) is 0 Å². The molecule has 0 saturated carbocycles. The van der Waals surface area contributed by atoms with Gasteiger partial charge in [-0.3, -0.25) is 27.7 Å². The maximum Gasteiger partial charge on any atom is 0.472 e. The quantitative estimate of drug-likeness (QED) is 0.0126. The molecule has 0 aliphatic rings. The number of aliphatic hydroxyl groups is 3. The number of hydrogen-bond acceptors (Lipinski definition) is 13. The van der Waals surface area contributed by atoms with Crippen molar-refractivity contribution < 1.29 is 71.4 Å².